The number of carbonyl (C=O) groups is 1. The minimum Gasteiger partial charge on any atom is -0.396 e. The molecule has 0 saturated heterocycles. The van der Waals surface area contributed by atoms with Gasteiger partial charge in [0.15, 0.2) is 27.3 Å². The molecule has 2 aliphatic rings. The molecule has 2 fully saturated rings. The first kappa shape index (κ1) is 25.9. The monoisotopic (exact) mass is 531 g/mol. The van der Waals surface area contributed by atoms with Crippen LogP contribution in [0.3, 0.4) is 0 Å². The van der Waals surface area contributed by atoms with E-state index in [1.807, 2.05) is 0 Å². The molecule has 0 spiro atoms. The van der Waals surface area contributed by atoms with Crippen LogP contribution < -0.4 is 5.32 Å². The van der Waals surface area contributed by atoms with Crippen LogP contribution in [-0.2, 0) is 9.84 Å². The van der Waals surface area contributed by atoms with Gasteiger partial charge in [0.1, 0.15) is 0 Å². The predicted octanol–water partition coefficient (Wildman–Crippen LogP) is 4.48. The van der Waals surface area contributed by atoms with Gasteiger partial charge in [-0.25, -0.2) is 21.6 Å². The number of aliphatic hydroxyl groups excluding tert-OH is 1. The van der Waals surface area contributed by atoms with Crippen LogP contribution in [0.5, 0.6) is 0 Å². The first-order valence-electron chi connectivity index (χ1n) is 11.3. The number of aliphatic hydroxyl groups is 2. The number of nitrogens with one attached hydrogen (secondary N) is 1. The van der Waals surface area contributed by atoms with Crippen LogP contribution in [0.2, 0.25) is 5.02 Å². The number of hydrogen-bond donors (Lipinski definition) is 3. The largest absolute Gasteiger partial charge is 0.396 e. The highest BCUT2D eigenvalue weighted by Gasteiger charge is 2.54. The fraction of sp³-hybridized carbons (Fsp3) is 0.458. The standard InChI is InChI=1S/C24H25ClF3NO5S/c25-17-5-4-13(23(31)29-16-9-18(26)21(28)19(27)10-16)8-20(17)35(33,34)22-14-2-3-15(22)12-24(32,11-14)6-1-7-30/h4-5,8-10,14-15,22,30,32H,1-3,6-7,11-12H2,(H,29,31). The lowest BCUT2D eigenvalue weighted by Crippen LogP contribution is -2.46. The topological polar surface area (TPSA) is 104 Å². The minimum atomic E-state index is -3.99. The second-order valence-corrected chi connectivity index (χ2v) is 11.9. The number of halogens is 4. The summed E-state index contributed by atoms with van der Waals surface area (Å²) in [5.74, 6) is -6.07. The molecule has 190 valence electrons. The number of amides is 1. The van der Waals surface area contributed by atoms with Gasteiger partial charge in [0.2, 0.25) is 0 Å². The summed E-state index contributed by atoms with van der Waals surface area (Å²) in [7, 11) is -3.99. The molecule has 6 nitrogen and oxygen atoms in total. The number of anilines is 1. The highest BCUT2D eigenvalue weighted by atomic mass is 35.5. The Balaban J connectivity index is 1.59. The quantitative estimate of drug-likeness (QED) is 0.457. The van der Waals surface area contributed by atoms with Gasteiger partial charge in [-0.2, -0.15) is 0 Å². The Kier molecular flexibility index (Phi) is 7.21. The third-order valence-corrected chi connectivity index (χ3v) is 9.90. The van der Waals surface area contributed by atoms with E-state index >= 15 is 0 Å². The van der Waals surface area contributed by atoms with E-state index in [4.69, 9.17) is 16.7 Å². The van der Waals surface area contributed by atoms with E-state index in [1.165, 1.54) is 12.1 Å². The number of benzene rings is 2. The van der Waals surface area contributed by atoms with Crippen molar-refractivity contribution in [3.8, 4) is 0 Å². The van der Waals surface area contributed by atoms with Gasteiger partial charge in [-0.1, -0.05) is 11.6 Å². The van der Waals surface area contributed by atoms with Gasteiger partial charge >= 0.3 is 0 Å². The third-order valence-electron chi connectivity index (χ3n) is 7.02. The lowest BCUT2D eigenvalue weighted by molar-refractivity contribution is -0.0300. The molecule has 0 radical (unpaired) electrons. The maximum Gasteiger partial charge on any atom is 0.255 e. The van der Waals surface area contributed by atoms with Crippen molar-refractivity contribution in [2.45, 2.75) is 54.3 Å². The van der Waals surface area contributed by atoms with Crippen LogP contribution in [0, 0.1) is 29.3 Å². The SMILES string of the molecule is O=C(Nc1cc(F)c(F)c(F)c1)c1ccc(Cl)c(S(=O)(=O)C2C3CCC2CC(O)(CCCO)C3)c1. The van der Waals surface area contributed by atoms with Crippen LogP contribution in [0.15, 0.2) is 35.2 Å². The molecule has 11 heteroatoms. The lowest BCUT2D eigenvalue weighted by Gasteiger charge is -2.41. The number of fused-ring (bicyclic) bond motifs is 2. The van der Waals surface area contributed by atoms with Crippen LogP contribution in [-0.4, -0.2) is 42.0 Å². The van der Waals surface area contributed by atoms with Gasteiger partial charge in [-0.15, -0.1) is 0 Å². The molecule has 4 rings (SSSR count). The van der Waals surface area contributed by atoms with E-state index in [-0.39, 0.29) is 39.6 Å². The summed E-state index contributed by atoms with van der Waals surface area (Å²) in [5, 5.41) is 21.4. The zero-order valence-corrected chi connectivity index (χ0v) is 20.2. The zero-order valence-electron chi connectivity index (χ0n) is 18.6. The van der Waals surface area contributed by atoms with E-state index in [0.717, 1.165) is 6.07 Å². The fourth-order valence-electron chi connectivity index (χ4n) is 5.60. The second-order valence-electron chi connectivity index (χ2n) is 9.42. The number of hydrogen-bond acceptors (Lipinski definition) is 5. The maximum atomic E-state index is 13.7. The number of carbonyl (C=O) groups excluding carboxylic acids is 1. The molecule has 0 aliphatic heterocycles. The summed E-state index contributed by atoms with van der Waals surface area (Å²) in [6, 6.07) is 4.88. The fourth-order valence-corrected chi connectivity index (χ4v) is 8.44. The summed E-state index contributed by atoms with van der Waals surface area (Å²) in [5.41, 5.74) is -1.47. The smallest absolute Gasteiger partial charge is 0.255 e. The van der Waals surface area contributed by atoms with E-state index in [9.17, 15) is 31.5 Å². The first-order valence-corrected chi connectivity index (χ1v) is 13.2. The van der Waals surface area contributed by atoms with Crippen LogP contribution in [0.25, 0.3) is 0 Å². The highest BCUT2D eigenvalue weighted by molar-refractivity contribution is 7.92. The molecule has 2 unspecified atom stereocenters. The van der Waals surface area contributed by atoms with Crippen LogP contribution in [0.4, 0.5) is 18.9 Å². The Labute approximate surface area is 206 Å². The summed E-state index contributed by atoms with van der Waals surface area (Å²) < 4.78 is 67.5. The normalized spacial score (nSPS) is 26.1. The summed E-state index contributed by atoms with van der Waals surface area (Å²) in [6.45, 7) is -0.0545. The average molecular weight is 532 g/mol. The zero-order chi connectivity index (χ0) is 25.5. The Morgan fingerprint density at radius 1 is 1.09 bits per heavy atom. The molecule has 2 aromatic carbocycles. The number of rotatable bonds is 7. The van der Waals surface area contributed by atoms with Crippen molar-refractivity contribution in [2.24, 2.45) is 11.8 Å². The molecule has 2 atom stereocenters. The van der Waals surface area contributed by atoms with Gasteiger partial charge in [0.05, 0.1) is 20.8 Å². The molecule has 2 saturated carbocycles. The minimum absolute atomic E-state index is 0.0545. The molecule has 35 heavy (non-hydrogen) atoms. The molecule has 0 heterocycles. The number of sulfone groups is 1. The van der Waals surface area contributed by atoms with Crippen molar-refractivity contribution >= 4 is 33.0 Å². The molecular formula is C24H25ClF3NO5S. The van der Waals surface area contributed by atoms with E-state index in [0.29, 0.717) is 50.7 Å². The van der Waals surface area contributed by atoms with Gasteiger partial charge in [0.25, 0.3) is 5.91 Å². The summed E-state index contributed by atoms with van der Waals surface area (Å²) in [6.07, 6.45) is 2.69. The van der Waals surface area contributed by atoms with Crippen molar-refractivity contribution in [3.63, 3.8) is 0 Å². The molecule has 2 aromatic rings. The van der Waals surface area contributed by atoms with Crippen molar-refractivity contribution < 1.29 is 36.6 Å². The summed E-state index contributed by atoms with van der Waals surface area (Å²) >= 11 is 6.24. The Hall–Kier alpha value is -2.14. The van der Waals surface area contributed by atoms with Gasteiger partial charge in [-0.3, -0.25) is 4.79 Å². The Morgan fingerprint density at radius 2 is 1.69 bits per heavy atom. The third kappa shape index (κ3) is 5.07. The maximum absolute atomic E-state index is 13.7. The lowest BCUT2D eigenvalue weighted by atomic mass is 9.75. The van der Waals surface area contributed by atoms with E-state index in [1.54, 1.807) is 0 Å². The predicted molar refractivity (Wildman–Crippen MR) is 123 cm³/mol. The van der Waals surface area contributed by atoms with E-state index in [2.05, 4.69) is 5.32 Å². The van der Waals surface area contributed by atoms with Crippen molar-refractivity contribution in [1.82, 2.24) is 0 Å². The molecule has 1 amide bonds. The van der Waals surface area contributed by atoms with Crippen LogP contribution in [0.1, 0.15) is 48.9 Å². The van der Waals surface area contributed by atoms with Gasteiger partial charge < -0.3 is 15.5 Å². The van der Waals surface area contributed by atoms with Crippen molar-refractivity contribution in [3.05, 3.63) is 58.4 Å². The molecular weight excluding hydrogens is 507 g/mol. The molecule has 3 N–H and O–H groups in total. The van der Waals surface area contributed by atoms with Gasteiger partial charge in [0, 0.05) is 30.0 Å². The van der Waals surface area contributed by atoms with E-state index < -0.39 is 44.0 Å². The molecule has 2 aliphatic carbocycles. The summed E-state index contributed by atoms with van der Waals surface area (Å²) in [4.78, 5) is 12.4. The Bertz CT molecular complexity index is 1220. The van der Waals surface area contributed by atoms with Gasteiger partial charge in [-0.05, 0) is 68.6 Å². The highest BCUT2D eigenvalue weighted by Crippen LogP contribution is 2.52. The second kappa shape index (κ2) is 9.72. The Morgan fingerprint density at radius 3 is 2.26 bits per heavy atom. The van der Waals surface area contributed by atoms with Crippen molar-refractivity contribution in [1.29, 1.82) is 0 Å². The average Bonchev–Trinajstić information content (AvgIpc) is 3.09. The van der Waals surface area contributed by atoms with Crippen molar-refractivity contribution in [2.75, 3.05) is 11.9 Å². The van der Waals surface area contributed by atoms with Crippen LogP contribution >= 0.6 is 11.6 Å². The molecule has 2 bridgehead atoms. The first-order chi connectivity index (χ1) is 16.4. The molecule has 0 aromatic heterocycles.